The van der Waals surface area contributed by atoms with Gasteiger partial charge in [0, 0.05) is 11.8 Å². The summed E-state index contributed by atoms with van der Waals surface area (Å²) in [6.45, 7) is -0.0182. The summed E-state index contributed by atoms with van der Waals surface area (Å²) < 4.78 is 41.8. The zero-order valence-electron chi connectivity index (χ0n) is 17.6. The molecule has 2 amide bonds. The third-order valence-corrected chi connectivity index (χ3v) is 6.01. The normalized spacial score (nSPS) is 11.5. The van der Waals surface area contributed by atoms with Gasteiger partial charge in [-0.05, 0) is 22.1 Å². The Morgan fingerprint density at radius 1 is 1.20 bits per heavy atom. The lowest BCUT2D eigenvalue weighted by molar-refractivity contribution is -0.389. The van der Waals surface area contributed by atoms with E-state index in [1.165, 1.54) is 16.9 Å². The van der Waals surface area contributed by atoms with E-state index >= 15 is 0 Å². The maximum Gasteiger partial charge on any atom is 0.433 e. The SMILES string of the molecule is NC(=O)c1sc2nc(C(F)(F)F)cc(-c3ccccc3)c2c1NC(=O)CCn1ccc([N+](=O)[O-])n1. The van der Waals surface area contributed by atoms with E-state index in [4.69, 9.17) is 5.73 Å². The topological polar surface area (TPSA) is 146 Å². The second-order valence-electron chi connectivity index (χ2n) is 7.26. The number of alkyl halides is 3. The largest absolute Gasteiger partial charge is 0.433 e. The smallest absolute Gasteiger partial charge is 0.365 e. The van der Waals surface area contributed by atoms with Crippen molar-refractivity contribution in [3.8, 4) is 11.1 Å². The molecule has 35 heavy (non-hydrogen) atoms. The van der Waals surface area contributed by atoms with Crippen LogP contribution in [0.1, 0.15) is 21.8 Å². The minimum Gasteiger partial charge on any atom is -0.365 e. The number of nitrogens with zero attached hydrogens (tertiary/aromatic N) is 4. The molecule has 0 atom stereocenters. The maximum absolute atomic E-state index is 13.5. The van der Waals surface area contributed by atoms with Gasteiger partial charge in [0.1, 0.15) is 15.4 Å². The van der Waals surface area contributed by atoms with Crippen molar-refractivity contribution in [2.45, 2.75) is 19.1 Å². The summed E-state index contributed by atoms with van der Waals surface area (Å²) in [5.41, 5.74) is 4.79. The Labute approximate surface area is 198 Å². The first kappa shape index (κ1) is 23.8. The molecule has 4 aromatic rings. The van der Waals surface area contributed by atoms with Crippen LogP contribution in [0.3, 0.4) is 0 Å². The lowest BCUT2D eigenvalue weighted by atomic mass is 10.0. The van der Waals surface area contributed by atoms with E-state index in [0.29, 0.717) is 16.9 Å². The van der Waals surface area contributed by atoms with Crippen LogP contribution < -0.4 is 11.1 Å². The summed E-state index contributed by atoms with van der Waals surface area (Å²) >= 11 is 0.641. The number of thiophene rings is 1. The van der Waals surface area contributed by atoms with Gasteiger partial charge in [0.2, 0.25) is 5.91 Å². The molecular weight excluding hydrogens is 489 g/mol. The van der Waals surface area contributed by atoms with Gasteiger partial charge in [0.25, 0.3) is 5.91 Å². The highest BCUT2D eigenvalue weighted by molar-refractivity contribution is 7.21. The zero-order valence-corrected chi connectivity index (χ0v) is 18.4. The van der Waals surface area contributed by atoms with Crippen molar-refractivity contribution in [1.29, 1.82) is 0 Å². The molecule has 3 N–H and O–H groups in total. The van der Waals surface area contributed by atoms with E-state index < -0.39 is 28.6 Å². The Morgan fingerprint density at radius 3 is 2.51 bits per heavy atom. The highest BCUT2D eigenvalue weighted by Gasteiger charge is 2.35. The van der Waals surface area contributed by atoms with E-state index in [1.54, 1.807) is 30.3 Å². The van der Waals surface area contributed by atoms with Crippen LogP contribution in [-0.4, -0.2) is 31.5 Å². The number of anilines is 1. The van der Waals surface area contributed by atoms with Crippen molar-refractivity contribution >= 4 is 44.9 Å². The molecule has 1 aromatic carbocycles. The van der Waals surface area contributed by atoms with Gasteiger partial charge in [-0.15, -0.1) is 11.3 Å². The number of pyridine rings is 1. The number of hydrogen-bond donors (Lipinski definition) is 2. The maximum atomic E-state index is 13.5. The van der Waals surface area contributed by atoms with Crippen molar-refractivity contribution in [2.75, 3.05) is 5.32 Å². The fourth-order valence-electron chi connectivity index (χ4n) is 3.37. The van der Waals surface area contributed by atoms with Crippen LogP contribution in [0.4, 0.5) is 24.7 Å². The Hall–Kier alpha value is -4.33. The molecule has 0 bridgehead atoms. The van der Waals surface area contributed by atoms with Crippen LogP contribution in [0.15, 0.2) is 48.7 Å². The number of benzene rings is 1. The monoisotopic (exact) mass is 504 g/mol. The molecule has 0 saturated carbocycles. The number of aromatic nitrogens is 3. The number of aryl methyl sites for hydroxylation is 1. The summed E-state index contributed by atoms with van der Waals surface area (Å²) in [5, 5.41) is 17.2. The number of halogens is 3. The molecule has 0 aliphatic rings. The first-order chi connectivity index (χ1) is 16.5. The zero-order chi connectivity index (χ0) is 25.3. The summed E-state index contributed by atoms with van der Waals surface area (Å²) in [5.74, 6) is -1.94. The van der Waals surface area contributed by atoms with Gasteiger partial charge < -0.3 is 21.2 Å². The van der Waals surface area contributed by atoms with Crippen LogP contribution in [-0.2, 0) is 17.5 Å². The number of rotatable bonds is 7. The summed E-state index contributed by atoms with van der Waals surface area (Å²) in [6.07, 6.45) is -3.61. The van der Waals surface area contributed by atoms with Gasteiger partial charge in [0.05, 0.1) is 29.6 Å². The third-order valence-electron chi connectivity index (χ3n) is 4.91. The fourth-order valence-corrected chi connectivity index (χ4v) is 4.38. The van der Waals surface area contributed by atoms with Gasteiger partial charge in [-0.25, -0.2) is 4.98 Å². The molecule has 3 heterocycles. The van der Waals surface area contributed by atoms with Gasteiger partial charge in [-0.2, -0.15) is 17.9 Å². The van der Waals surface area contributed by atoms with Gasteiger partial charge in [-0.3, -0.25) is 9.59 Å². The molecule has 0 spiro atoms. The highest BCUT2D eigenvalue weighted by Crippen LogP contribution is 2.43. The van der Waals surface area contributed by atoms with Crippen LogP contribution in [0.2, 0.25) is 0 Å². The number of nitrogens with one attached hydrogen (secondary N) is 1. The number of amides is 2. The van der Waals surface area contributed by atoms with Crippen molar-refractivity contribution in [1.82, 2.24) is 14.8 Å². The molecule has 0 saturated heterocycles. The number of hydrogen-bond acceptors (Lipinski definition) is 7. The van der Waals surface area contributed by atoms with Gasteiger partial charge in [0.15, 0.2) is 0 Å². The Bertz CT molecular complexity index is 1450. The van der Waals surface area contributed by atoms with E-state index in [0.717, 1.165) is 6.07 Å². The van der Waals surface area contributed by atoms with E-state index in [9.17, 15) is 32.9 Å². The second-order valence-corrected chi connectivity index (χ2v) is 8.26. The third kappa shape index (κ3) is 4.96. The van der Waals surface area contributed by atoms with E-state index in [1.807, 2.05) is 0 Å². The predicted molar refractivity (Wildman–Crippen MR) is 121 cm³/mol. The lowest BCUT2D eigenvalue weighted by Gasteiger charge is -2.12. The highest BCUT2D eigenvalue weighted by atomic mass is 32.1. The van der Waals surface area contributed by atoms with Crippen molar-refractivity contribution in [3.63, 3.8) is 0 Å². The standard InChI is InChI=1S/C21H15F3N6O4S/c22-21(23,24)13-10-12(11-4-2-1-3-5-11)16-17(18(19(25)32)35-20(16)26-13)27-15(31)7-9-29-8-6-14(28-29)30(33)34/h1-6,8,10H,7,9H2,(H2,25,32)(H,27,31). The second kappa shape index (κ2) is 9.13. The van der Waals surface area contributed by atoms with Gasteiger partial charge in [-0.1, -0.05) is 30.3 Å². The number of nitro groups is 1. The molecule has 0 fully saturated rings. The van der Waals surface area contributed by atoms with E-state index in [2.05, 4.69) is 15.4 Å². The van der Waals surface area contributed by atoms with E-state index in [-0.39, 0.29) is 45.1 Å². The quantitative estimate of drug-likeness (QED) is 0.285. The first-order valence-corrected chi connectivity index (χ1v) is 10.7. The Kier molecular flexibility index (Phi) is 6.22. The van der Waals surface area contributed by atoms with Crippen LogP contribution in [0.25, 0.3) is 21.3 Å². The summed E-state index contributed by atoms with van der Waals surface area (Å²) in [6, 6.07) is 10.2. The van der Waals surface area contributed by atoms with Crippen LogP contribution >= 0.6 is 11.3 Å². The number of fused-ring (bicyclic) bond motifs is 1. The molecule has 0 radical (unpaired) electrons. The number of primary amides is 1. The van der Waals surface area contributed by atoms with Crippen molar-refractivity contribution in [2.24, 2.45) is 5.73 Å². The molecule has 0 aliphatic heterocycles. The molecule has 14 heteroatoms. The molecule has 0 aliphatic carbocycles. The van der Waals surface area contributed by atoms with Crippen molar-refractivity contribution in [3.05, 3.63) is 69.3 Å². The molecule has 10 nitrogen and oxygen atoms in total. The number of carbonyl (C=O) groups excluding carboxylic acids is 2. The summed E-state index contributed by atoms with van der Waals surface area (Å²) in [4.78, 5) is 38.3. The molecular formula is C21H15F3N6O4S. The molecule has 3 aromatic heterocycles. The average molecular weight is 504 g/mol. The summed E-state index contributed by atoms with van der Waals surface area (Å²) in [7, 11) is 0. The first-order valence-electron chi connectivity index (χ1n) is 9.92. The number of nitrogens with two attached hydrogens (primary N) is 1. The van der Waals surface area contributed by atoms with Crippen LogP contribution in [0.5, 0.6) is 0 Å². The van der Waals surface area contributed by atoms with Crippen LogP contribution in [0, 0.1) is 10.1 Å². The fraction of sp³-hybridized carbons (Fsp3) is 0.143. The molecule has 180 valence electrons. The van der Waals surface area contributed by atoms with Crippen molar-refractivity contribution < 1.29 is 27.7 Å². The minimum atomic E-state index is -4.75. The predicted octanol–water partition coefficient (Wildman–Crippen LogP) is 4.21. The molecule has 0 unspecified atom stereocenters. The Balaban J connectivity index is 1.75. The Morgan fingerprint density at radius 2 is 1.91 bits per heavy atom. The molecule has 4 rings (SSSR count). The van der Waals surface area contributed by atoms with Gasteiger partial charge >= 0.3 is 12.0 Å². The minimum absolute atomic E-state index is 0.0182. The number of carbonyl (C=O) groups is 2. The lowest BCUT2D eigenvalue weighted by Crippen LogP contribution is -2.18. The average Bonchev–Trinajstić information content (AvgIpc) is 3.42.